The minimum Gasteiger partial charge on any atom is -0.497 e. The number of ether oxygens (including phenoxy) is 2. The van der Waals surface area contributed by atoms with Gasteiger partial charge in [-0.05, 0) is 40.2 Å². The van der Waals surface area contributed by atoms with E-state index in [0.717, 1.165) is 4.47 Å². The van der Waals surface area contributed by atoms with Crippen molar-refractivity contribution in [1.29, 1.82) is 0 Å². The van der Waals surface area contributed by atoms with Crippen LogP contribution in [0.1, 0.15) is 15.2 Å². The zero-order valence-electron chi connectivity index (χ0n) is 9.90. The highest BCUT2D eigenvalue weighted by molar-refractivity contribution is 9.10. The molecule has 0 amide bonds. The van der Waals surface area contributed by atoms with E-state index in [9.17, 15) is 4.79 Å². The molecule has 1 aromatic heterocycles. The standard InChI is InChI=1S/C13H11BrO3S/c1-16-9-3-4-11(17-2)10(6-9)13(15)12-5-8(14)7-18-12/h3-7H,1-2H3. The molecule has 0 fully saturated rings. The average molecular weight is 327 g/mol. The topological polar surface area (TPSA) is 35.5 Å². The quantitative estimate of drug-likeness (QED) is 0.802. The van der Waals surface area contributed by atoms with E-state index in [1.807, 2.05) is 5.38 Å². The lowest BCUT2D eigenvalue weighted by atomic mass is 10.1. The third-order valence-corrected chi connectivity index (χ3v) is 4.13. The summed E-state index contributed by atoms with van der Waals surface area (Å²) in [6.45, 7) is 0. The maximum absolute atomic E-state index is 12.4. The van der Waals surface area contributed by atoms with Crippen molar-refractivity contribution in [3.63, 3.8) is 0 Å². The van der Waals surface area contributed by atoms with Crippen LogP contribution in [-0.2, 0) is 0 Å². The monoisotopic (exact) mass is 326 g/mol. The molecule has 0 aliphatic carbocycles. The zero-order chi connectivity index (χ0) is 13.1. The number of methoxy groups -OCH3 is 2. The Morgan fingerprint density at radius 1 is 1.22 bits per heavy atom. The van der Waals surface area contributed by atoms with Crippen LogP contribution in [0.3, 0.4) is 0 Å². The number of benzene rings is 1. The minimum absolute atomic E-state index is 0.0681. The number of halogens is 1. The van der Waals surface area contributed by atoms with Gasteiger partial charge in [-0.1, -0.05) is 0 Å². The van der Waals surface area contributed by atoms with Crippen molar-refractivity contribution >= 4 is 33.0 Å². The maximum atomic E-state index is 12.4. The number of rotatable bonds is 4. The van der Waals surface area contributed by atoms with E-state index in [0.29, 0.717) is 21.9 Å². The molecule has 0 radical (unpaired) electrons. The molecule has 0 atom stereocenters. The molecule has 0 saturated heterocycles. The fraction of sp³-hybridized carbons (Fsp3) is 0.154. The second-order valence-electron chi connectivity index (χ2n) is 3.52. The second-order valence-corrected chi connectivity index (χ2v) is 5.35. The number of carbonyl (C=O) groups excluding carboxylic acids is 1. The fourth-order valence-electron chi connectivity index (χ4n) is 1.56. The van der Waals surface area contributed by atoms with E-state index in [-0.39, 0.29) is 5.78 Å². The zero-order valence-corrected chi connectivity index (χ0v) is 12.3. The van der Waals surface area contributed by atoms with Crippen LogP contribution in [0.4, 0.5) is 0 Å². The van der Waals surface area contributed by atoms with Gasteiger partial charge in [0.25, 0.3) is 0 Å². The molecule has 2 rings (SSSR count). The lowest BCUT2D eigenvalue weighted by molar-refractivity contribution is 0.103. The Bertz CT molecular complexity index is 577. The van der Waals surface area contributed by atoms with Gasteiger partial charge in [0.2, 0.25) is 5.78 Å². The van der Waals surface area contributed by atoms with Crippen LogP contribution in [0.5, 0.6) is 11.5 Å². The molecule has 0 bridgehead atoms. The molecule has 3 nitrogen and oxygen atoms in total. The molecule has 2 aromatic rings. The Labute approximate surface area is 117 Å². The summed E-state index contributed by atoms with van der Waals surface area (Å²) in [5.74, 6) is 1.11. The summed E-state index contributed by atoms with van der Waals surface area (Å²) in [7, 11) is 3.11. The van der Waals surface area contributed by atoms with Crippen molar-refractivity contribution in [2.75, 3.05) is 14.2 Å². The van der Waals surface area contributed by atoms with Crippen molar-refractivity contribution in [2.24, 2.45) is 0 Å². The highest BCUT2D eigenvalue weighted by atomic mass is 79.9. The molecule has 5 heteroatoms. The van der Waals surface area contributed by atoms with Crippen molar-refractivity contribution in [2.45, 2.75) is 0 Å². The first kappa shape index (κ1) is 13.1. The van der Waals surface area contributed by atoms with Gasteiger partial charge in [0, 0.05) is 9.85 Å². The van der Waals surface area contributed by atoms with E-state index in [1.165, 1.54) is 11.3 Å². The van der Waals surface area contributed by atoms with Gasteiger partial charge in [-0.15, -0.1) is 11.3 Å². The van der Waals surface area contributed by atoms with Crippen LogP contribution in [0.15, 0.2) is 34.1 Å². The van der Waals surface area contributed by atoms with E-state index < -0.39 is 0 Å². The first-order chi connectivity index (χ1) is 8.65. The first-order valence-corrected chi connectivity index (χ1v) is 6.83. The Hall–Kier alpha value is -1.33. The molecular formula is C13H11BrO3S. The Kier molecular flexibility index (Phi) is 4.04. The van der Waals surface area contributed by atoms with Gasteiger partial charge in [0.1, 0.15) is 11.5 Å². The predicted molar refractivity (Wildman–Crippen MR) is 75.0 cm³/mol. The molecular weight excluding hydrogens is 316 g/mol. The van der Waals surface area contributed by atoms with Crippen molar-refractivity contribution in [3.05, 3.63) is 44.6 Å². The summed E-state index contributed by atoms with van der Waals surface area (Å²) in [4.78, 5) is 13.0. The van der Waals surface area contributed by atoms with Gasteiger partial charge in [0.05, 0.1) is 24.7 Å². The molecule has 1 aromatic carbocycles. The summed E-state index contributed by atoms with van der Waals surface area (Å²) < 4.78 is 11.2. The maximum Gasteiger partial charge on any atom is 0.206 e. The SMILES string of the molecule is COc1ccc(OC)c(C(=O)c2cc(Br)cs2)c1. The van der Waals surface area contributed by atoms with Crippen LogP contribution < -0.4 is 9.47 Å². The molecule has 1 heterocycles. The number of carbonyl (C=O) groups is 1. The van der Waals surface area contributed by atoms with Crippen molar-refractivity contribution < 1.29 is 14.3 Å². The van der Waals surface area contributed by atoms with E-state index in [4.69, 9.17) is 9.47 Å². The molecule has 94 valence electrons. The van der Waals surface area contributed by atoms with Crippen LogP contribution in [0.25, 0.3) is 0 Å². The van der Waals surface area contributed by atoms with Gasteiger partial charge in [-0.3, -0.25) is 4.79 Å². The van der Waals surface area contributed by atoms with Crippen LogP contribution >= 0.6 is 27.3 Å². The average Bonchev–Trinajstić information content (AvgIpc) is 2.83. The van der Waals surface area contributed by atoms with E-state index in [2.05, 4.69) is 15.9 Å². The Morgan fingerprint density at radius 2 is 2.00 bits per heavy atom. The van der Waals surface area contributed by atoms with Crippen LogP contribution in [-0.4, -0.2) is 20.0 Å². The first-order valence-electron chi connectivity index (χ1n) is 5.16. The molecule has 0 aliphatic heterocycles. The Morgan fingerprint density at radius 3 is 2.56 bits per heavy atom. The summed E-state index contributed by atoms with van der Waals surface area (Å²) in [6, 6.07) is 6.98. The number of thiophene rings is 1. The Balaban J connectivity index is 2.45. The minimum atomic E-state index is -0.0681. The fourth-order valence-corrected chi connectivity index (χ4v) is 2.94. The summed E-state index contributed by atoms with van der Waals surface area (Å²) in [6.07, 6.45) is 0. The van der Waals surface area contributed by atoms with E-state index in [1.54, 1.807) is 38.5 Å². The van der Waals surface area contributed by atoms with Crippen molar-refractivity contribution in [3.8, 4) is 11.5 Å². The number of hydrogen-bond donors (Lipinski definition) is 0. The predicted octanol–water partition coefficient (Wildman–Crippen LogP) is 3.76. The van der Waals surface area contributed by atoms with Crippen LogP contribution in [0.2, 0.25) is 0 Å². The summed E-state index contributed by atoms with van der Waals surface area (Å²) in [5.41, 5.74) is 0.506. The molecule has 0 saturated carbocycles. The smallest absolute Gasteiger partial charge is 0.206 e. The van der Waals surface area contributed by atoms with Gasteiger partial charge in [-0.2, -0.15) is 0 Å². The summed E-state index contributed by atoms with van der Waals surface area (Å²) in [5, 5.41) is 1.87. The van der Waals surface area contributed by atoms with Crippen LogP contribution in [0, 0.1) is 0 Å². The summed E-state index contributed by atoms with van der Waals surface area (Å²) >= 11 is 4.73. The van der Waals surface area contributed by atoms with Gasteiger partial charge < -0.3 is 9.47 Å². The molecule has 0 spiro atoms. The largest absolute Gasteiger partial charge is 0.497 e. The number of ketones is 1. The second kappa shape index (κ2) is 5.54. The highest BCUT2D eigenvalue weighted by Gasteiger charge is 2.17. The number of hydrogen-bond acceptors (Lipinski definition) is 4. The third-order valence-electron chi connectivity index (χ3n) is 2.44. The van der Waals surface area contributed by atoms with Crippen molar-refractivity contribution in [1.82, 2.24) is 0 Å². The molecule has 0 unspecified atom stereocenters. The molecule has 0 aliphatic rings. The van der Waals surface area contributed by atoms with E-state index >= 15 is 0 Å². The molecule has 18 heavy (non-hydrogen) atoms. The third kappa shape index (κ3) is 2.57. The van der Waals surface area contributed by atoms with Gasteiger partial charge >= 0.3 is 0 Å². The highest BCUT2D eigenvalue weighted by Crippen LogP contribution is 2.29. The lowest BCUT2D eigenvalue weighted by Crippen LogP contribution is -2.02. The van der Waals surface area contributed by atoms with Gasteiger partial charge in [-0.25, -0.2) is 0 Å². The molecule has 0 N–H and O–H groups in total. The normalized spacial score (nSPS) is 10.2. The lowest BCUT2D eigenvalue weighted by Gasteiger charge is -2.08. The van der Waals surface area contributed by atoms with Gasteiger partial charge in [0.15, 0.2) is 0 Å².